The number of anilines is 2. The van der Waals surface area contributed by atoms with Gasteiger partial charge >= 0.3 is 0 Å². The summed E-state index contributed by atoms with van der Waals surface area (Å²) in [6, 6.07) is 7.71. The largest absolute Gasteiger partial charge is 0.361 e. The Morgan fingerprint density at radius 1 is 1.07 bits per heavy atom. The van der Waals surface area contributed by atoms with E-state index >= 15 is 0 Å². The minimum Gasteiger partial charge on any atom is -0.361 e. The van der Waals surface area contributed by atoms with Gasteiger partial charge in [0.15, 0.2) is 0 Å². The maximum absolute atomic E-state index is 14.1. The van der Waals surface area contributed by atoms with Gasteiger partial charge in [0.1, 0.15) is 17.9 Å². The number of rotatable bonds is 11. The molecular weight excluding hydrogens is 593 g/mol. The van der Waals surface area contributed by atoms with Crippen molar-refractivity contribution < 1.29 is 33.2 Å². The molecule has 6 amide bonds. The van der Waals surface area contributed by atoms with Gasteiger partial charge in [0.05, 0.1) is 11.4 Å². The van der Waals surface area contributed by atoms with Crippen molar-refractivity contribution in [1.82, 2.24) is 15.5 Å². The summed E-state index contributed by atoms with van der Waals surface area (Å²) in [5, 5.41) is 4.48. The molecule has 2 heterocycles. The van der Waals surface area contributed by atoms with E-state index in [1.807, 2.05) is 50.9 Å². The van der Waals surface area contributed by atoms with E-state index in [-0.39, 0.29) is 30.2 Å². The van der Waals surface area contributed by atoms with Crippen molar-refractivity contribution in [2.75, 3.05) is 23.9 Å². The van der Waals surface area contributed by atoms with Crippen molar-refractivity contribution >= 4 is 47.8 Å². The Kier molecular flexibility index (Phi) is 12.2. The third-order valence-electron chi connectivity index (χ3n) is 8.38. The van der Waals surface area contributed by atoms with Crippen molar-refractivity contribution in [2.45, 2.75) is 90.8 Å². The summed E-state index contributed by atoms with van der Waals surface area (Å²) in [4.78, 5) is 74.5. The van der Waals surface area contributed by atoms with Gasteiger partial charge in [-0.15, -0.1) is 0 Å². The maximum atomic E-state index is 14.1. The predicted octanol–water partition coefficient (Wildman–Crippen LogP) is 3.99. The smallest absolute Gasteiger partial charge is 0.255 e. The van der Waals surface area contributed by atoms with Crippen molar-refractivity contribution in [1.29, 1.82) is 0 Å². The van der Waals surface area contributed by atoms with E-state index in [1.165, 1.54) is 15.9 Å². The third-order valence-corrected chi connectivity index (χ3v) is 8.38. The lowest BCUT2D eigenvalue weighted by molar-refractivity contribution is -0.134. The average molecular weight is 638 g/mol. The van der Waals surface area contributed by atoms with Crippen molar-refractivity contribution in [3.63, 3.8) is 0 Å². The van der Waals surface area contributed by atoms with Gasteiger partial charge in [0.2, 0.25) is 30.5 Å². The fourth-order valence-electron chi connectivity index (χ4n) is 5.68. The van der Waals surface area contributed by atoms with Gasteiger partial charge in [-0.25, -0.2) is 4.39 Å². The Morgan fingerprint density at radius 2 is 1.76 bits per heavy atom. The molecular formula is C34H44FN5O6. The maximum Gasteiger partial charge on any atom is 0.255 e. The molecule has 2 aliphatic rings. The Balaban J connectivity index is 0.000000250. The third kappa shape index (κ3) is 7.96. The Labute approximate surface area is 269 Å². The number of piperidine rings is 1. The normalized spacial score (nSPS) is 16.3. The number of carbonyl (C=O) groups is 6. The van der Waals surface area contributed by atoms with Crippen LogP contribution in [0.25, 0.3) is 0 Å². The summed E-state index contributed by atoms with van der Waals surface area (Å²) in [6.07, 6.45) is 2.99. The SMILES string of the molecule is CC(C)c1ccc(N(C)C2CCC(=O)NC2=O)c(N(C)C=O)c1.CCCC(C(=O)NC=O)N1Cc2cc(C(C)C)c(F)cc2C1=O. The zero-order valence-electron chi connectivity index (χ0n) is 27.6. The zero-order valence-corrected chi connectivity index (χ0v) is 27.6. The molecule has 11 nitrogen and oxygen atoms in total. The van der Waals surface area contributed by atoms with Gasteiger partial charge < -0.3 is 14.7 Å². The summed E-state index contributed by atoms with van der Waals surface area (Å²) in [6.45, 7) is 10.1. The highest BCUT2D eigenvalue weighted by atomic mass is 19.1. The molecule has 2 atom stereocenters. The second kappa shape index (κ2) is 15.6. The molecule has 248 valence electrons. The van der Waals surface area contributed by atoms with Crippen LogP contribution in [-0.2, 0) is 30.5 Å². The summed E-state index contributed by atoms with van der Waals surface area (Å²) in [5.74, 6) is -1.46. The van der Waals surface area contributed by atoms with Gasteiger partial charge in [-0.05, 0) is 59.6 Å². The van der Waals surface area contributed by atoms with E-state index in [9.17, 15) is 33.2 Å². The summed E-state index contributed by atoms with van der Waals surface area (Å²) in [5.41, 5.74) is 4.24. The number of nitrogens with one attached hydrogen (secondary N) is 2. The molecule has 2 aromatic rings. The highest BCUT2D eigenvalue weighted by Crippen LogP contribution is 2.34. The van der Waals surface area contributed by atoms with Gasteiger partial charge in [-0.3, -0.25) is 39.4 Å². The molecule has 12 heteroatoms. The first-order valence-corrected chi connectivity index (χ1v) is 15.5. The Bertz CT molecular complexity index is 1490. The van der Waals surface area contributed by atoms with Crippen molar-refractivity contribution in [3.8, 4) is 0 Å². The van der Waals surface area contributed by atoms with Crippen LogP contribution in [0.5, 0.6) is 0 Å². The van der Waals surface area contributed by atoms with Crippen LogP contribution in [0, 0.1) is 5.82 Å². The van der Waals surface area contributed by atoms with Crippen LogP contribution in [0.15, 0.2) is 30.3 Å². The molecule has 2 N–H and O–H groups in total. The van der Waals surface area contributed by atoms with Gasteiger partial charge in [-0.2, -0.15) is 0 Å². The standard InChI is InChI=1S/C17H21FN2O3.C17H23N3O3/c1-4-5-15(16(22)19-9-21)20-8-11-6-12(10(2)3)14(18)7-13(11)17(20)23;1-11(2)12-5-6-13(15(9-12)19(3)10-21)20(4)14-7-8-16(22)18-17(14)23/h6-7,9-10,15H,4-5,8H2,1-3H3,(H,19,21,22);5-6,9-11,14H,7-8H2,1-4H3,(H,18,22,23). The van der Waals surface area contributed by atoms with Gasteiger partial charge in [-0.1, -0.05) is 53.2 Å². The fourth-order valence-corrected chi connectivity index (χ4v) is 5.68. The summed E-state index contributed by atoms with van der Waals surface area (Å²) in [7, 11) is 3.50. The number of likely N-dealkylation sites (N-methyl/N-ethyl adjacent to an activating group) is 1. The average Bonchev–Trinajstić information content (AvgIpc) is 3.33. The summed E-state index contributed by atoms with van der Waals surface area (Å²) >= 11 is 0. The lowest BCUT2D eigenvalue weighted by Crippen LogP contribution is -2.51. The first kappa shape index (κ1) is 35.9. The molecule has 0 aromatic heterocycles. The molecule has 0 aliphatic carbocycles. The number of halogens is 1. The topological polar surface area (TPSA) is 136 Å². The number of benzene rings is 2. The Morgan fingerprint density at radius 3 is 2.33 bits per heavy atom. The molecule has 1 fully saturated rings. The molecule has 2 aromatic carbocycles. The first-order valence-electron chi connectivity index (χ1n) is 15.5. The second-order valence-electron chi connectivity index (χ2n) is 12.2. The molecule has 0 bridgehead atoms. The number of imide groups is 2. The number of fused-ring (bicyclic) bond motifs is 1. The van der Waals surface area contributed by atoms with E-state index in [1.54, 1.807) is 13.1 Å². The number of hydrogen-bond donors (Lipinski definition) is 2. The molecule has 4 rings (SSSR count). The number of hydrogen-bond acceptors (Lipinski definition) is 7. The van der Waals surface area contributed by atoms with Gasteiger partial charge in [0.25, 0.3) is 5.91 Å². The molecule has 46 heavy (non-hydrogen) atoms. The Hall–Kier alpha value is -4.61. The molecule has 2 unspecified atom stereocenters. The van der Waals surface area contributed by atoms with E-state index in [0.717, 1.165) is 28.9 Å². The van der Waals surface area contributed by atoms with Crippen LogP contribution in [0.4, 0.5) is 15.8 Å². The lowest BCUT2D eigenvalue weighted by Gasteiger charge is -2.33. The number of carbonyl (C=O) groups excluding carboxylic acids is 6. The van der Waals surface area contributed by atoms with E-state index in [0.29, 0.717) is 49.1 Å². The van der Waals surface area contributed by atoms with Crippen LogP contribution in [0.1, 0.15) is 99.2 Å². The molecule has 2 aliphatic heterocycles. The fraction of sp³-hybridized carbons (Fsp3) is 0.471. The number of nitrogens with zero attached hydrogens (tertiary/aromatic N) is 3. The zero-order chi connectivity index (χ0) is 34.3. The van der Waals surface area contributed by atoms with Crippen LogP contribution < -0.4 is 20.4 Å². The number of amides is 6. The summed E-state index contributed by atoms with van der Waals surface area (Å²) < 4.78 is 14.1. The predicted molar refractivity (Wildman–Crippen MR) is 173 cm³/mol. The highest BCUT2D eigenvalue weighted by molar-refractivity contribution is 6.03. The van der Waals surface area contributed by atoms with Crippen molar-refractivity contribution in [3.05, 3.63) is 58.4 Å². The van der Waals surface area contributed by atoms with Crippen LogP contribution in [-0.4, -0.2) is 67.5 Å². The monoisotopic (exact) mass is 637 g/mol. The van der Waals surface area contributed by atoms with Crippen LogP contribution >= 0.6 is 0 Å². The lowest BCUT2D eigenvalue weighted by atomic mass is 9.98. The minimum atomic E-state index is -0.726. The van der Waals surface area contributed by atoms with E-state index < -0.39 is 23.8 Å². The second-order valence-corrected chi connectivity index (χ2v) is 12.2. The molecule has 0 radical (unpaired) electrons. The first-order chi connectivity index (χ1) is 21.7. The van der Waals surface area contributed by atoms with Crippen molar-refractivity contribution in [2.24, 2.45) is 0 Å². The van der Waals surface area contributed by atoms with Crippen LogP contribution in [0.2, 0.25) is 0 Å². The van der Waals surface area contributed by atoms with Gasteiger partial charge in [0, 0.05) is 32.6 Å². The highest BCUT2D eigenvalue weighted by Gasteiger charge is 2.37. The molecule has 0 saturated carbocycles. The van der Waals surface area contributed by atoms with E-state index in [4.69, 9.17) is 0 Å². The minimum absolute atomic E-state index is 0.00857. The quantitative estimate of drug-likeness (QED) is 0.281. The molecule has 1 saturated heterocycles. The molecule has 0 spiro atoms. The van der Waals surface area contributed by atoms with Crippen LogP contribution in [0.3, 0.4) is 0 Å². The van der Waals surface area contributed by atoms with E-state index in [2.05, 4.69) is 24.5 Å².